The molecule has 5 nitrogen and oxygen atoms in total. The number of benzene rings is 2. The molecule has 5 heteroatoms. The lowest BCUT2D eigenvalue weighted by atomic mass is 9.79. The molecule has 2 fully saturated rings. The monoisotopic (exact) mass is 434 g/mol. The third kappa shape index (κ3) is 4.52. The van der Waals surface area contributed by atoms with Crippen LogP contribution in [0, 0.1) is 11.3 Å². The van der Waals surface area contributed by atoms with Crippen molar-refractivity contribution in [2.75, 3.05) is 20.2 Å². The third-order valence-corrected chi connectivity index (χ3v) is 6.94. The highest BCUT2D eigenvalue weighted by molar-refractivity contribution is 5.86. The van der Waals surface area contributed by atoms with Crippen molar-refractivity contribution in [1.82, 2.24) is 10.2 Å². The Morgan fingerprint density at radius 3 is 2.47 bits per heavy atom. The van der Waals surface area contributed by atoms with Gasteiger partial charge in [0.25, 0.3) is 0 Å². The minimum absolute atomic E-state index is 0.0604. The predicted molar refractivity (Wildman–Crippen MR) is 126 cm³/mol. The Balaban J connectivity index is 1.55. The molecule has 2 amide bonds. The highest BCUT2D eigenvalue weighted by atomic mass is 16.5. The summed E-state index contributed by atoms with van der Waals surface area (Å²) in [4.78, 5) is 28.1. The van der Waals surface area contributed by atoms with Gasteiger partial charge in [0.1, 0.15) is 5.75 Å². The van der Waals surface area contributed by atoms with Crippen molar-refractivity contribution in [2.24, 2.45) is 11.3 Å². The van der Waals surface area contributed by atoms with Crippen LogP contribution >= 0.6 is 0 Å². The number of amides is 2. The third-order valence-electron chi connectivity index (χ3n) is 6.94. The van der Waals surface area contributed by atoms with Crippen molar-refractivity contribution >= 4 is 11.8 Å². The van der Waals surface area contributed by atoms with Crippen molar-refractivity contribution < 1.29 is 14.3 Å². The van der Waals surface area contributed by atoms with E-state index in [0.717, 1.165) is 41.7 Å². The van der Waals surface area contributed by atoms with Crippen LogP contribution in [0.5, 0.6) is 5.75 Å². The van der Waals surface area contributed by atoms with E-state index in [1.54, 1.807) is 7.11 Å². The zero-order valence-corrected chi connectivity index (χ0v) is 19.4. The van der Waals surface area contributed by atoms with Gasteiger partial charge in [0.15, 0.2) is 0 Å². The van der Waals surface area contributed by atoms with E-state index in [1.807, 2.05) is 43.0 Å². The second-order valence-corrected chi connectivity index (χ2v) is 9.62. The maximum absolute atomic E-state index is 13.3. The molecule has 0 radical (unpaired) electrons. The first kappa shape index (κ1) is 22.4. The average Bonchev–Trinajstić information content (AvgIpc) is 3.18. The summed E-state index contributed by atoms with van der Waals surface area (Å²) in [5, 5.41) is 3.12. The van der Waals surface area contributed by atoms with Crippen molar-refractivity contribution in [3.05, 3.63) is 54.1 Å². The van der Waals surface area contributed by atoms with Crippen molar-refractivity contribution in [3.8, 4) is 16.9 Å². The lowest BCUT2D eigenvalue weighted by Crippen LogP contribution is -2.48. The summed E-state index contributed by atoms with van der Waals surface area (Å²) in [5.41, 5.74) is 2.67. The van der Waals surface area contributed by atoms with Crippen molar-refractivity contribution in [2.45, 2.75) is 52.0 Å². The van der Waals surface area contributed by atoms with Gasteiger partial charge in [0, 0.05) is 30.6 Å². The van der Waals surface area contributed by atoms with Crippen LogP contribution in [-0.2, 0) is 16.0 Å². The molecule has 1 unspecified atom stereocenters. The van der Waals surface area contributed by atoms with Gasteiger partial charge < -0.3 is 15.0 Å². The molecule has 1 aliphatic carbocycles. The fraction of sp³-hybridized carbons (Fsp3) is 0.481. The SMILES string of the molecule is COc1ccccc1-c1ccc(CC2(C(=O)NC(C)C)CCN(C(=O)C3CCC3)C2)cc1. The number of hydrogen-bond donors (Lipinski definition) is 1. The minimum Gasteiger partial charge on any atom is -0.496 e. The summed E-state index contributed by atoms with van der Waals surface area (Å²) < 4.78 is 5.50. The van der Waals surface area contributed by atoms with Gasteiger partial charge in [-0.2, -0.15) is 0 Å². The molecule has 4 rings (SSSR count). The number of methoxy groups -OCH3 is 1. The quantitative estimate of drug-likeness (QED) is 0.701. The molecule has 0 aromatic heterocycles. The van der Waals surface area contributed by atoms with Crippen LogP contribution in [0.3, 0.4) is 0 Å². The Morgan fingerprint density at radius 1 is 1.12 bits per heavy atom. The molecule has 1 N–H and O–H groups in total. The van der Waals surface area contributed by atoms with Crippen LogP contribution in [0.25, 0.3) is 11.1 Å². The van der Waals surface area contributed by atoms with Crippen LogP contribution in [0.15, 0.2) is 48.5 Å². The number of hydrogen-bond acceptors (Lipinski definition) is 3. The Kier molecular flexibility index (Phi) is 6.54. The van der Waals surface area contributed by atoms with Gasteiger partial charge in [0.2, 0.25) is 11.8 Å². The Hall–Kier alpha value is -2.82. The molecule has 1 saturated heterocycles. The molecular formula is C27H34N2O3. The highest BCUT2D eigenvalue weighted by Crippen LogP contribution is 2.38. The summed E-state index contributed by atoms with van der Waals surface area (Å²) in [6.07, 6.45) is 4.46. The lowest BCUT2D eigenvalue weighted by Gasteiger charge is -2.32. The summed E-state index contributed by atoms with van der Waals surface area (Å²) in [6, 6.07) is 16.4. The first-order valence-corrected chi connectivity index (χ1v) is 11.7. The first-order valence-electron chi connectivity index (χ1n) is 11.7. The molecule has 0 spiro atoms. The molecule has 1 heterocycles. The van der Waals surface area contributed by atoms with Gasteiger partial charge in [-0.15, -0.1) is 0 Å². The Morgan fingerprint density at radius 2 is 1.84 bits per heavy atom. The van der Waals surface area contributed by atoms with Crippen LogP contribution < -0.4 is 10.1 Å². The molecule has 1 atom stereocenters. The summed E-state index contributed by atoms with van der Waals surface area (Å²) in [5.74, 6) is 1.31. The maximum Gasteiger partial charge on any atom is 0.228 e. The van der Waals surface area contributed by atoms with Gasteiger partial charge in [-0.25, -0.2) is 0 Å². The van der Waals surface area contributed by atoms with E-state index in [0.29, 0.717) is 25.9 Å². The number of likely N-dealkylation sites (tertiary alicyclic amines) is 1. The first-order chi connectivity index (χ1) is 15.4. The minimum atomic E-state index is -0.574. The smallest absolute Gasteiger partial charge is 0.228 e. The molecule has 1 saturated carbocycles. The van der Waals surface area contributed by atoms with E-state index in [2.05, 4.69) is 29.6 Å². The Labute approximate surface area is 191 Å². The van der Waals surface area contributed by atoms with Crippen LogP contribution in [-0.4, -0.2) is 43.0 Å². The molecule has 32 heavy (non-hydrogen) atoms. The maximum atomic E-state index is 13.3. The number of ether oxygens (including phenoxy) is 1. The van der Waals surface area contributed by atoms with Crippen LogP contribution in [0.1, 0.15) is 45.1 Å². The van der Waals surface area contributed by atoms with Gasteiger partial charge >= 0.3 is 0 Å². The number of nitrogens with zero attached hydrogens (tertiary/aromatic N) is 1. The van der Waals surface area contributed by atoms with Gasteiger partial charge in [0.05, 0.1) is 12.5 Å². The van der Waals surface area contributed by atoms with Gasteiger partial charge in [-0.05, 0) is 56.7 Å². The van der Waals surface area contributed by atoms with E-state index >= 15 is 0 Å². The van der Waals surface area contributed by atoms with E-state index in [9.17, 15) is 9.59 Å². The molecule has 1 aliphatic heterocycles. The molecule has 2 aromatic rings. The molecule has 0 bridgehead atoms. The van der Waals surface area contributed by atoms with Crippen LogP contribution in [0.2, 0.25) is 0 Å². The number of rotatable bonds is 7. The lowest BCUT2D eigenvalue weighted by molar-refractivity contribution is -0.138. The highest BCUT2D eigenvalue weighted by Gasteiger charge is 2.47. The normalized spacial score (nSPS) is 20.8. The number of carbonyl (C=O) groups is 2. The fourth-order valence-electron chi connectivity index (χ4n) is 4.88. The standard InChI is InChI=1S/C27H34N2O3/c1-19(2)28-26(31)27(15-16-29(18-27)25(30)22-7-6-8-22)17-20-11-13-21(14-12-20)23-9-4-5-10-24(23)32-3/h4-5,9-14,19,22H,6-8,15-18H2,1-3H3,(H,28,31). The van der Waals surface area contributed by atoms with Gasteiger partial charge in [-0.3, -0.25) is 9.59 Å². The largest absolute Gasteiger partial charge is 0.496 e. The van der Waals surface area contributed by atoms with E-state index in [-0.39, 0.29) is 23.8 Å². The number of para-hydroxylation sites is 1. The molecular weight excluding hydrogens is 400 g/mol. The van der Waals surface area contributed by atoms with Crippen molar-refractivity contribution in [1.29, 1.82) is 0 Å². The topological polar surface area (TPSA) is 58.6 Å². The molecule has 2 aliphatic rings. The molecule has 170 valence electrons. The average molecular weight is 435 g/mol. The number of carbonyl (C=O) groups excluding carboxylic acids is 2. The van der Waals surface area contributed by atoms with E-state index in [1.165, 1.54) is 0 Å². The van der Waals surface area contributed by atoms with E-state index in [4.69, 9.17) is 4.74 Å². The summed E-state index contributed by atoms with van der Waals surface area (Å²) in [7, 11) is 1.68. The second kappa shape index (κ2) is 9.35. The summed E-state index contributed by atoms with van der Waals surface area (Å²) in [6.45, 7) is 5.15. The Bertz CT molecular complexity index is 965. The zero-order valence-electron chi connectivity index (χ0n) is 19.4. The predicted octanol–water partition coefficient (Wildman–Crippen LogP) is 4.45. The zero-order chi connectivity index (χ0) is 22.7. The second-order valence-electron chi connectivity index (χ2n) is 9.62. The fourth-order valence-corrected chi connectivity index (χ4v) is 4.88. The number of nitrogens with one attached hydrogen (secondary N) is 1. The summed E-state index contributed by atoms with van der Waals surface area (Å²) >= 11 is 0. The van der Waals surface area contributed by atoms with Crippen molar-refractivity contribution in [3.63, 3.8) is 0 Å². The molecule has 2 aromatic carbocycles. The van der Waals surface area contributed by atoms with Crippen LogP contribution in [0.4, 0.5) is 0 Å². The van der Waals surface area contributed by atoms with E-state index < -0.39 is 5.41 Å². The van der Waals surface area contributed by atoms with Gasteiger partial charge in [-0.1, -0.05) is 48.9 Å².